The molecule has 1 aliphatic rings. The number of carbonyl (C=O) groups excluding carboxylic acids is 2. The lowest BCUT2D eigenvalue weighted by Gasteiger charge is -2.22. The highest BCUT2D eigenvalue weighted by atomic mass is 16.6. The number of ether oxygens (including phenoxy) is 1. The lowest BCUT2D eigenvalue weighted by atomic mass is 9.93. The molecule has 0 aliphatic heterocycles. The van der Waals surface area contributed by atoms with Crippen molar-refractivity contribution in [1.29, 1.82) is 0 Å². The van der Waals surface area contributed by atoms with Crippen LogP contribution in [-0.2, 0) is 14.3 Å². The fraction of sp³-hybridized carbons (Fsp3) is 0.636. The zero-order valence-corrected chi connectivity index (χ0v) is 16.9. The highest BCUT2D eigenvalue weighted by Gasteiger charge is 2.39. The molecule has 1 fully saturated rings. The molecule has 27 heavy (non-hydrogen) atoms. The molecular weight excluding hydrogens is 342 g/mol. The summed E-state index contributed by atoms with van der Waals surface area (Å²) in [4.78, 5) is 25.0. The third-order valence-electron chi connectivity index (χ3n) is 5.03. The minimum absolute atomic E-state index is 0.0176. The molecule has 5 heteroatoms. The van der Waals surface area contributed by atoms with Gasteiger partial charge in [-0.05, 0) is 45.6 Å². The summed E-state index contributed by atoms with van der Waals surface area (Å²) >= 11 is 0. The van der Waals surface area contributed by atoms with Gasteiger partial charge in [-0.25, -0.2) is 0 Å². The minimum Gasteiger partial charge on any atom is -0.460 e. The first-order valence-corrected chi connectivity index (χ1v) is 9.94. The van der Waals surface area contributed by atoms with Gasteiger partial charge in [0.1, 0.15) is 5.60 Å². The zero-order valence-electron chi connectivity index (χ0n) is 16.9. The number of carbonyl (C=O) groups is 2. The van der Waals surface area contributed by atoms with Gasteiger partial charge in [-0.2, -0.15) is 0 Å². The number of amides is 1. The molecule has 1 amide bonds. The van der Waals surface area contributed by atoms with Crippen molar-refractivity contribution in [3.8, 4) is 0 Å². The second-order valence-corrected chi connectivity index (χ2v) is 8.53. The number of hydrogen-bond acceptors (Lipinski definition) is 4. The van der Waals surface area contributed by atoms with Gasteiger partial charge in [-0.15, -0.1) is 0 Å². The average Bonchev–Trinajstić information content (AvgIpc) is 2.98. The molecule has 0 saturated heterocycles. The van der Waals surface area contributed by atoms with Crippen molar-refractivity contribution in [2.75, 3.05) is 6.54 Å². The van der Waals surface area contributed by atoms with E-state index in [0.717, 1.165) is 18.4 Å². The van der Waals surface area contributed by atoms with Crippen molar-refractivity contribution in [3.63, 3.8) is 0 Å². The molecule has 2 rings (SSSR count). The number of benzene rings is 1. The first-order chi connectivity index (χ1) is 12.7. The van der Waals surface area contributed by atoms with Crippen LogP contribution in [0.1, 0.15) is 64.9 Å². The van der Waals surface area contributed by atoms with Crippen LogP contribution in [0, 0.1) is 11.8 Å². The molecular formula is C22H33NO4. The van der Waals surface area contributed by atoms with Crippen LogP contribution < -0.4 is 5.32 Å². The van der Waals surface area contributed by atoms with E-state index in [1.54, 1.807) is 0 Å². The Labute approximate surface area is 162 Å². The van der Waals surface area contributed by atoms with Crippen LogP contribution in [-0.4, -0.2) is 35.2 Å². The first-order valence-electron chi connectivity index (χ1n) is 9.94. The molecule has 0 heterocycles. The van der Waals surface area contributed by atoms with E-state index in [9.17, 15) is 14.7 Å². The molecule has 0 spiro atoms. The highest BCUT2D eigenvalue weighted by molar-refractivity contribution is 5.83. The third kappa shape index (κ3) is 6.35. The molecule has 4 atom stereocenters. The molecule has 5 nitrogen and oxygen atoms in total. The van der Waals surface area contributed by atoms with Gasteiger partial charge in [0.2, 0.25) is 5.91 Å². The molecule has 0 bridgehead atoms. The highest BCUT2D eigenvalue weighted by Crippen LogP contribution is 2.33. The summed E-state index contributed by atoms with van der Waals surface area (Å²) in [7, 11) is 0. The van der Waals surface area contributed by atoms with Crippen LogP contribution in [0.3, 0.4) is 0 Å². The van der Waals surface area contributed by atoms with E-state index in [1.807, 2.05) is 51.1 Å². The molecule has 150 valence electrons. The Balaban J connectivity index is 1.91. The van der Waals surface area contributed by atoms with Gasteiger partial charge in [0, 0.05) is 12.5 Å². The predicted molar refractivity (Wildman–Crippen MR) is 105 cm³/mol. The molecule has 0 radical (unpaired) electrons. The quantitative estimate of drug-likeness (QED) is 0.716. The largest absolute Gasteiger partial charge is 0.460 e. The lowest BCUT2D eigenvalue weighted by molar-refractivity contribution is -0.160. The van der Waals surface area contributed by atoms with Gasteiger partial charge in [-0.3, -0.25) is 9.59 Å². The number of aliphatic hydroxyl groups is 1. The Kier molecular flexibility index (Phi) is 7.42. The maximum atomic E-state index is 12.7. The van der Waals surface area contributed by atoms with E-state index < -0.39 is 11.7 Å². The Morgan fingerprint density at radius 1 is 1.22 bits per heavy atom. The Morgan fingerprint density at radius 2 is 1.89 bits per heavy atom. The maximum absolute atomic E-state index is 12.7. The summed E-state index contributed by atoms with van der Waals surface area (Å²) in [6.45, 7) is 7.96. The van der Waals surface area contributed by atoms with Crippen molar-refractivity contribution < 1.29 is 19.4 Å². The lowest BCUT2D eigenvalue weighted by Crippen LogP contribution is -2.35. The standard InChI is InChI=1S/C22H33NO4/c1-5-9-18(15-10-7-6-8-11-15)20(25)23-14-17-12-16(13-19(17)24)21(26)27-22(2,3)4/h6-8,10-11,16-19,24H,5,9,12-14H2,1-4H3,(H,23,25)/t16-,17+,18+,19+/m1/s1. The van der Waals surface area contributed by atoms with E-state index in [-0.39, 0.29) is 29.6 Å². The molecule has 0 unspecified atom stereocenters. The first kappa shape index (κ1) is 21.4. The summed E-state index contributed by atoms with van der Waals surface area (Å²) in [6.07, 6.45) is 2.04. The monoisotopic (exact) mass is 375 g/mol. The van der Waals surface area contributed by atoms with E-state index in [2.05, 4.69) is 12.2 Å². The van der Waals surface area contributed by atoms with Crippen LogP contribution in [0.15, 0.2) is 30.3 Å². The van der Waals surface area contributed by atoms with Crippen molar-refractivity contribution in [2.24, 2.45) is 11.8 Å². The van der Waals surface area contributed by atoms with Gasteiger partial charge in [0.15, 0.2) is 0 Å². The Bertz CT molecular complexity index is 623. The Morgan fingerprint density at radius 3 is 2.48 bits per heavy atom. The zero-order chi connectivity index (χ0) is 20.0. The van der Waals surface area contributed by atoms with Crippen LogP contribution >= 0.6 is 0 Å². The molecule has 1 aromatic carbocycles. The van der Waals surface area contributed by atoms with Gasteiger partial charge < -0.3 is 15.2 Å². The van der Waals surface area contributed by atoms with Crippen LogP contribution in [0.2, 0.25) is 0 Å². The SMILES string of the molecule is CCC[C@H](C(=O)NC[C@@H]1C[C@@H](C(=O)OC(C)(C)C)C[C@@H]1O)c1ccccc1. The number of esters is 1. The average molecular weight is 376 g/mol. The number of aliphatic hydroxyl groups excluding tert-OH is 1. The molecule has 2 N–H and O–H groups in total. The summed E-state index contributed by atoms with van der Waals surface area (Å²) < 4.78 is 5.43. The third-order valence-corrected chi connectivity index (χ3v) is 5.03. The summed E-state index contributed by atoms with van der Waals surface area (Å²) in [6, 6.07) is 9.77. The van der Waals surface area contributed by atoms with E-state index in [4.69, 9.17) is 4.74 Å². The summed E-state index contributed by atoms with van der Waals surface area (Å²) in [5.41, 5.74) is 0.479. The van der Waals surface area contributed by atoms with E-state index in [1.165, 1.54) is 0 Å². The summed E-state index contributed by atoms with van der Waals surface area (Å²) in [5.74, 6) is -0.887. The van der Waals surface area contributed by atoms with Crippen LogP contribution in [0.25, 0.3) is 0 Å². The smallest absolute Gasteiger partial charge is 0.309 e. The van der Waals surface area contributed by atoms with Crippen LogP contribution in [0.5, 0.6) is 0 Å². The van der Waals surface area contributed by atoms with Crippen molar-refractivity contribution in [2.45, 2.75) is 71.0 Å². The van der Waals surface area contributed by atoms with Gasteiger partial charge in [-0.1, -0.05) is 43.7 Å². The number of rotatable bonds is 7. The fourth-order valence-corrected chi connectivity index (χ4v) is 3.68. The summed E-state index contributed by atoms with van der Waals surface area (Å²) in [5, 5.41) is 13.3. The number of nitrogens with one attached hydrogen (secondary N) is 1. The Hall–Kier alpha value is -1.88. The normalized spacial score (nSPS) is 23.7. The van der Waals surface area contributed by atoms with Gasteiger partial charge >= 0.3 is 5.97 Å². The fourth-order valence-electron chi connectivity index (χ4n) is 3.68. The topological polar surface area (TPSA) is 75.6 Å². The van der Waals surface area contributed by atoms with Crippen molar-refractivity contribution in [1.82, 2.24) is 5.32 Å². The van der Waals surface area contributed by atoms with Gasteiger partial charge in [0.25, 0.3) is 0 Å². The second kappa shape index (κ2) is 9.36. The van der Waals surface area contributed by atoms with Crippen LogP contribution in [0.4, 0.5) is 0 Å². The van der Waals surface area contributed by atoms with Crippen molar-refractivity contribution in [3.05, 3.63) is 35.9 Å². The second-order valence-electron chi connectivity index (χ2n) is 8.53. The van der Waals surface area contributed by atoms with Gasteiger partial charge in [0.05, 0.1) is 17.9 Å². The molecule has 1 aromatic rings. The predicted octanol–water partition coefficient (Wildman–Crippen LogP) is 3.42. The van der Waals surface area contributed by atoms with E-state index >= 15 is 0 Å². The molecule has 1 saturated carbocycles. The minimum atomic E-state index is -0.593. The molecule has 0 aromatic heterocycles. The maximum Gasteiger partial charge on any atom is 0.309 e. The van der Waals surface area contributed by atoms with Crippen molar-refractivity contribution >= 4 is 11.9 Å². The number of hydrogen-bond donors (Lipinski definition) is 2. The van der Waals surface area contributed by atoms with E-state index in [0.29, 0.717) is 19.4 Å². The molecule has 1 aliphatic carbocycles.